The van der Waals surface area contributed by atoms with Crippen molar-refractivity contribution in [3.05, 3.63) is 66.9 Å². The maximum atomic E-state index is 12.1. The van der Waals surface area contributed by atoms with E-state index in [0.29, 0.717) is 17.0 Å². The predicted octanol–water partition coefficient (Wildman–Crippen LogP) is 2.31. The Bertz CT molecular complexity index is 768. The van der Waals surface area contributed by atoms with Gasteiger partial charge in [0, 0.05) is 11.8 Å². The fourth-order valence-corrected chi connectivity index (χ4v) is 2.02. The number of amides is 2. The largest absolute Gasteiger partial charge is 0.324 e. The number of para-hydroxylation sites is 1. The topological polar surface area (TPSA) is 59.0 Å². The molecule has 5 nitrogen and oxygen atoms in total. The van der Waals surface area contributed by atoms with Crippen LogP contribution in [0.5, 0.6) is 0 Å². The van der Waals surface area contributed by atoms with Crippen LogP contribution in [0.15, 0.2) is 66.9 Å². The predicted molar refractivity (Wildman–Crippen MR) is 88.0 cm³/mol. The zero-order valence-corrected chi connectivity index (χ0v) is 11.7. The fourth-order valence-electron chi connectivity index (χ4n) is 2.02. The summed E-state index contributed by atoms with van der Waals surface area (Å²) in [5.41, 5.74) is 2.18. The van der Waals surface area contributed by atoms with Gasteiger partial charge in [-0.2, -0.15) is 5.10 Å². The Labute approximate surface area is 129 Å². The van der Waals surface area contributed by atoms with Crippen LogP contribution in [0.1, 0.15) is 0 Å². The molecule has 3 aromatic rings. The van der Waals surface area contributed by atoms with Gasteiger partial charge in [-0.25, -0.2) is 9.48 Å². The lowest BCUT2D eigenvalue weighted by Crippen LogP contribution is -2.21. The summed E-state index contributed by atoms with van der Waals surface area (Å²) in [4.78, 5) is 12.1. The fraction of sp³-hybridized carbons (Fsp3) is 0. The molecule has 6 heteroatoms. The first-order chi connectivity index (χ1) is 10.7. The molecule has 0 aliphatic carbocycles. The zero-order chi connectivity index (χ0) is 15.4. The van der Waals surface area contributed by atoms with Crippen molar-refractivity contribution in [2.45, 2.75) is 0 Å². The number of rotatable bonds is 3. The quantitative estimate of drug-likeness (QED) is 0.727. The molecule has 0 atom stereocenters. The molecule has 2 amide bonds. The van der Waals surface area contributed by atoms with Gasteiger partial charge in [-0.15, -0.1) is 0 Å². The molecule has 0 saturated carbocycles. The molecule has 22 heavy (non-hydrogen) atoms. The first-order valence-electron chi connectivity index (χ1n) is 6.75. The minimum atomic E-state index is -0.345. The van der Waals surface area contributed by atoms with Crippen LogP contribution in [0.25, 0.3) is 5.69 Å². The smallest absolute Gasteiger partial charge is 0.308 e. The highest BCUT2D eigenvalue weighted by atomic mass is 16.2. The second-order valence-electron chi connectivity index (χ2n) is 4.66. The van der Waals surface area contributed by atoms with Crippen molar-refractivity contribution < 1.29 is 4.79 Å². The Balaban J connectivity index is 1.73. The minimum Gasteiger partial charge on any atom is -0.308 e. The van der Waals surface area contributed by atoms with Gasteiger partial charge in [-0.3, -0.25) is 5.32 Å². The average molecular weight is 288 g/mol. The van der Waals surface area contributed by atoms with Gasteiger partial charge in [0.2, 0.25) is 0 Å². The third kappa shape index (κ3) is 3.17. The van der Waals surface area contributed by atoms with Gasteiger partial charge >= 0.3 is 6.03 Å². The normalized spacial score (nSPS) is 10.2. The van der Waals surface area contributed by atoms with E-state index in [-0.39, 0.29) is 6.03 Å². The van der Waals surface area contributed by atoms with E-state index in [2.05, 4.69) is 15.7 Å². The lowest BCUT2D eigenvalue weighted by Gasteiger charge is -2.10. The van der Waals surface area contributed by atoms with E-state index in [4.69, 9.17) is 7.85 Å². The summed E-state index contributed by atoms with van der Waals surface area (Å²) < 4.78 is 1.66. The van der Waals surface area contributed by atoms with E-state index in [0.717, 1.165) is 5.69 Å². The number of anilines is 2. The molecule has 0 aliphatic heterocycles. The Morgan fingerprint density at radius 3 is 2.41 bits per heavy atom. The molecule has 2 radical (unpaired) electrons. The maximum Gasteiger partial charge on any atom is 0.324 e. The number of nitrogens with zero attached hydrogens (tertiary/aromatic N) is 2. The molecule has 1 aromatic heterocycles. The Morgan fingerprint density at radius 1 is 0.955 bits per heavy atom. The molecule has 0 bridgehead atoms. The summed E-state index contributed by atoms with van der Waals surface area (Å²) >= 11 is 0. The van der Waals surface area contributed by atoms with Crippen LogP contribution in [-0.2, 0) is 0 Å². The van der Waals surface area contributed by atoms with Crippen molar-refractivity contribution >= 4 is 30.8 Å². The van der Waals surface area contributed by atoms with Crippen LogP contribution in [0.4, 0.5) is 16.3 Å². The lowest BCUT2D eigenvalue weighted by molar-refractivity contribution is 0.262. The molecule has 0 aliphatic rings. The van der Waals surface area contributed by atoms with Crippen LogP contribution in [0.3, 0.4) is 0 Å². The van der Waals surface area contributed by atoms with Gasteiger partial charge in [0.25, 0.3) is 0 Å². The van der Waals surface area contributed by atoms with Crippen molar-refractivity contribution in [2.24, 2.45) is 0 Å². The van der Waals surface area contributed by atoms with Gasteiger partial charge in [0.05, 0.1) is 11.9 Å². The summed E-state index contributed by atoms with van der Waals surface area (Å²) in [6.07, 6.45) is 1.63. The van der Waals surface area contributed by atoms with Crippen LogP contribution in [0.2, 0.25) is 0 Å². The molecular formula is C16H13BN4O. The Morgan fingerprint density at radius 2 is 1.68 bits per heavy atom. The summed E-state index contributed by atoms with van der Waals surface area (Å²) in [5.74, 6) is 0.583. The third-order valence-corrected chi connectivity index (χ3v) is 3.05. The van der Waals surface area contributed by atoms with Gasteiger partial charge < -0.3 is 5.32 Å². The highest BCUT2D eigenvalue weighted by Gasteiger charge is 2.08. The number of aromatic nitrogens is 2. The number of nitrogens with one attached hydrogen (secondary N) is 2. The minimum absolute atomic E-state index is 0.345. The summed E-state index contributed by atoms with van der Waals surface area (Å²) in [5, 5.41) is 9.73. The highest BCUT2D eigenvalue weighted by molar-refractivity contribution is 6.32. The van der Waals surface area contributed by atoms with Crippen LogP contribution in [-0.4, -0.2) is 23.7 Å². The molecule has 0 fully saturated rings. The molecule has 0 saturated heterocycles. The van der Waals surface area contributed by atoms with Crippen LogP contribution in [0, 0.1) is 0 Å². The van der Waals surface area contributed by atoms with E-state index >= 15 is 0 Å². The Kier molecular flexibility index (Phi) is 3.91. The highest BCUT2D eigenvalue weighted by Crippen LogP contribution is 2.14. The Hall–Kier alpha value is -3.02. The summed E-state index contributed by atoms with van der Waals surface area (Å²) in [6, 6.07) is 17.9. The molecule has 0 unspecified atom stereocenters. The molecular weight excluding hydrogens is 275 g/mol. The van der Waals surface area contributed by atoms with Crippen molar-refractivity contribution in [3.8, 4) is 5.69 Å². The zero-order valence-electron chi connectivity index (χ0n) is 11.7. The van der Waals surface area contributed by atoms with Gasteiger partial charge in [0.15, 0.2) is 0 Å². The van der Waals surface area contributed by atoms with E-state index < -0.39 is 0 Å². The second kappa shape index (κ2) is 6.18. The first-order valence-corrected chi connectivity index (χ1v) is 6.75. The molecule has 3 rings (SSSR count). The van der Waals surface area contributed by atoms with Gasteiger partial charge in [-0.05, 0) is 24.3 Å². The lowest BCUT2D eigenvalue weighted by atomic mass is 9.96. The van der Waals surface area contributed by atoms with Crippen LogP contribution < -0.4 is 16.1 Å². The number of hydrogen-bond acceptors (Lipinski definition) is 2. The standard InChI is InChI=1S/C16H13BN4O/c17-12-6-8-13(9-7-12)19-16(22)20-15-10-11-18-21(15)14-4-2-1-3-5-14/h1-11H,(H2,19,20,22). The molecule has 2 aromatic carbocycles. The number of carbonyl (C=O) groups excluding carboxylic acids is 1. The van der Waals surface area contributed by atoms with Crippen LogP contribution >= 0.6 is 0 Å². The first kappa shape index (κ1) is 13.9. The van der Waals surface area contributed by atoms with E-state index in [1.54, 1.807) is 41.2 Å². The maximum absolute atomic E-state index is 12.1. The number of carbonyl (C=O) groups is 1. The molecule has 0 spiro atoms. The van der Waals surface area contributed by atoms with Crippen molar-refractivity contribution in [3.63, 3.8) is 0 Å². The van der Waals surface area contributed by atoms with E-state index in [1.807, 2.05) is 30.3 Å². The SMILES string of the molecule is [B]c1ccc(NC(=O)Nc2ccnn2-c2ccccc2)cc1. The van der Waals surface area contributed by atoms with E-state index in [9.17, 15) is 4.79 Å². The van der Waals surface area contributed by atoms with Gasteiger partial charge in [-0.1, -0.05) is 35.8 Å². The summed E-state index contributed by atoms with van der Waals surface area (Å²) in [7, 11) is 5.61. The second-order valence-corrected chi connectivity index (χ2v) is 4.66. The number of hydrogen-bond donors (Lipinski definition) is 2. The molecule has 1 heterocycles. The molecule has 106 valence electrons. The monoisotopic (exact) mass is 288 g/mol. The van der Waals surface area contributed by atoms with Gasteiger partial charge in [0.1, 0.15) is 13.7 Å². The van der Waals surface area contributed by atoms with E-state index in [1.165, 1.54) is 0 Å². The van der Waals surface area contributed by atoms with Crippen molar-refractivity contribution in [1.29, 1.82) is 0 Å². The van der Waals surface area contributed by atoms with Crippen molar-refractivity contribution in [1.82, 2.24) is 9.78 Å². The number of benzene rings is 2. The van der Waals surface area contributed by atoms with Crippen molar-refractivity contribution in [2.75, 3.05) is 10.6 Å². The molecule has 2 N–H and O–H groups in total. The number of urea groups is 1. The average Bonchev–Trinajstić information content (AvgIpc) is 2.98. The summed E-state index contributed by atoms with van der Waals surface area (Å²) in [6.45, 7) is 0. The third-order valence-electron chi connectivity index (χ3n) is 3.05.